The minimum Gasteiger partial charge on any atom is -0.466 e. The fourth-order valence-electron chi connectivity index (χ4n) is 2.87. The Hall–Kier alpha value is -2.02. The molecule has 0 spiro atoms. The van der Waals surface area contributed by atoms with Gasteiger partial charge in [0, 0.05) is 23.4 Å². The largest absolute Gasteiger partial charge is 0.466 e. The molecule has 1 N–H and O–H groups in total. The van der Waals surface area contributed by atoms with Crippen LogP contribution < -0.4 is 5.32 Å². The van der Waals surface area contributed by atoms with E-state index in [0.717, 1.165) is 25.0 Å². The zero-order valence-electron chi connectivity index (χ0n) is 12.7. The van der Waals surface area contributed by atoms with Gasteiger partial charge < -0.3 is 15.0 Å². The SMILES string of the molecule is COC(=O)C1=C(C)N(C2CC2)C(=S)N[C@H]1c1ccc(F)cc1F. The van der Waals surface area contributed by atoms with Gasteiger partial charge >= 0.3 is 5.97 Å². The van der Waals surface area contributed by atoms with Crippen molar-refractivity contribution in [1.29, 1.82) is 0 Å². The third kappa shape index (κ3) is 2.81. The summed E-state index contributed by atoms with van der Waals surface area (Å²) in [7, 11) is 1.27. The molecule has 0 unspecified atom stereocenters. The van der Waals surface area contributed by atoms with Crippen molar-refractivity contribution in [3.05, 3.63) is 46.7 Å². The summed E-state index contributed by atoms with van der Waals surface area (Å²) in [6, 6.07) is 2.71. The smallest absolute Gasteiger partial charge is 0.337 e. The van der Waals surface area contributed by atoms with Crippen LogP contribution in [0.1, 0.15) is 31.4 Å². The molecular weight excluding hydrogens is 322 g/mol. The molecular formula is C16H16F2N2O2S. The minimum absolute atomic E-state index is 0.156. The molecule has 4 nitrogen and oxygen atoms in total. The third-order valence-electron chi connectivity index (χ3n) is 4.12. The number of nitrogens with zero attached hydrogens (tertiary/aromatic N) is 1. The van der Waals surface area contributed by atoms with Gasteiger partial charge in [0.1, 0.15) is 11.6 Å². The van der Waals surface area contributed by atoms with Crippen molar-refractivity contribution in [3.63, 3.8) is 0 Å². The number of carbonyl (C=O) groups is 1. The molecule has 122 valence electrons. The maximum absolute atomic E-state index is 14.2. The molecule has 1 atom stereocenters. The Bertz CT molecular complexity index is 716. The lowest BCUT2D eigenvalue weighted by molar-refractivity contribution is -0.136. The van der Waals surface area contributed by atoms with Crippen LogP contribution in [0.5, 0.6) is 0 Å². The topological polar surface area (TPSA) is 41.6 Å². The Balaban J connectivity index is 2.11. The van der Waals surface area contributed by atoms with Crippen molar-refractivity contribution < 1.29 is 18.3 Å². The predicted octanol–water partition coefficient (Wildman–Crippen LogP) is 2.81. The molecule has 0 amide bonds. The molecule has 1 aliphatic carbocycles. The molecule has 7 heteroatoms. The highest BCUT2D eigenvalue weighted by Crippen LogP contribution is 2.38. The number of methoxy groups -OCH3 is 1. The number of rotatable bonds is 3. The summed E-state index contributed by atoms with van der Waals surface area (Å²) in [4.78, 5) is 14.1. The summed E-state index contributed by atoms with van der Waals surface area (Å²) in [5.41, 5.74) is 1.10. The fraction of sp³-hybridized carbons (Fsp3) is 0.375. The molecule has 1 aromatic rings. The molecule has 1 aromatic carbocycles. The van der Waals surface area contributed by atoms with Gasteiger partial charge in [0.05, 0.1) is 18.7 Å². The van der Waals surface area contributed by atoms with E-state index in [2.05, 4.69) is 5.32 Å². The van der Waals surface area contributed by atoms with Gasteiger partial charge in [-0.1, -0.05) is 6.07 Å². The summed E-state index contributed by atoms with van der Waals surface area (Å²) >= 11 is 5.37. The molecule has 1 saturated carbocycles. The van der Waals surface area contributed by atoms with E-state index in [1.54, 1.807) is 6.92 Å². The molecule has 1 fully saturated rings. The Morgan fingerprint density at radius 2 is 2.09 bits per heavy atom. The number of nitrogens with one attached hydrogen (secondary N) is 1. The molecule has 3 rings (SSSR count). The van der Waals surface area contributed by atoms with Crippen LogP contribution in [0.2, 0.25) is 0 Å². The molecule has 0 saturated heterocycles. The standard InChI is InChI=1S/C16H16F2N2O2S/c1-8-13(15(21)22-2)14(11-6-3-9(17)7-12(11)18)19-16(23)20(8)10-4-5-10/h3,6-7,10,14H,4-5H2,1-2H3,(H,19,23)/t14-/m0/s1. The fourth-order valence-corrected chi connectivity index (χ4v) is 3.28. The highest BCUT2D eigenvalue weighted by molar-refractivity contribution is 7.80. The molecule has 2 aliphatic rings. The number of hydrogen-bond acceptors (Lipinski definition) is 3. The second-order valence-corrected chi connectivity index (χ2v) is 6.03. The number of halogens is 2. The number of esters is 1. The van der Waals surface area contributed by atoms with Gasteiger partial charge in [-0.3, -0.25) is 0 Å². The molecule has 1 heterocycles. The van der Waals surface area contributed by atoms with Crippen LogP contribution in [0.4, 0.5) is 8.78 Å². The van der Waals surface area contributed by atoms with E-state index in [1.807, 2.05) is 4.90 Å². The normalized spacial score (nSPS) is 21.3. The average molecular weight is 338 g/mol. The Morgan fingerprint density at radius 1 is 1.39 bits per heavy atom. The maximum atomic E-state index is 14.2. The lowest BCUT2D eigenvalue weighted by Gasteiger charge is -2.37. The van der Waals surface area contributed by atoms with E-state index < -0.39 is 23.6 Å². The Kier molecular flexibility index (Phi) is 4.06. The second kappa shape index (κ2) is 5.88. The highest BCUT2D eigenvalue weighted by Gasteiger charge is 2.41. The van der Waals surface area contributed by atoms with Crippen molar-refractivity contribution in [2.24, 2.45) is 0 Å². The summed E-state index contributed by atoms with van der Waals surface area (Å²) in [5, 5.41) is 3.43. The molecule has 0 aromatic heterocycles. The molecule has 0 bridgehead atoms. The van der Waals surface area contributed by atoms with Crippen LogP contribution >= 0.6 is 12.2 Å². The van der Waals surface area contributed by atoms with Crippen LogP contribution in [0.25, 0.3) is 0 Å². The van der Waals surface area contributed by atoms with Crippen LogP contribution in [0.15, 0.2) is 29.5 Å². The van der Waals surface area contributed by atoms with Crippen molar-refractivity contribution >= 4 is 23.3 Å². The van der Waals surface area contributed by atoms with Crippen LogP contribution in [-0.4, -0.2) is 29.1 Å². The van der Waals surface area contributed by atoms with Crippen molar-refractivity contribution in [1.82, 2.24) is 10.2 Å². The van der Waals surface area contributed by atoms with Gasteiger partial charge in [0.25, 0.3) is 0 Å². The number of allylic oxidation sites excluding steroid dienone is 1. The average Bonchev–Trinajstić information content (AvgIpc) is 3.31. The highest BCUT2D eigenvalue weighted by atomic mass is 32.1. The quantitative estimate of drug-likeness (QED) is 0.678. The Labute approximate surface area is 138 Å². The first kappa shape index (κ1) is 15.9. The molecule has 1 aliphatic heterocycles. The van der Waals surface area contributed by atoms with Crippen LogP contribution in [0, 0.1) is 11.6 Å². The summed E-state index contributed by atoms with van der Waals surface area (Å²) < 4.78 is 32.2. The minimum atomic E-state index is -0.800. The van der Waals surface area contributed by atoms with Gasteiger partial charge in [0.15, 0.2) is 5.11 Å². The van der Waals surface area contributed by atoms with E-state index >= 15 is 0 Å². The van der Waals surface area contributed by atoms with Gasteiger partial charge in [-0.25, -0.2) is 13.6 Å². The summed E-state index contributed by atoms with van der Waals surface area (Å²) in [6.45, 7) is 1.77. The van der Waals surface area contributed by atoms with Crippen molar-refractivity contribution in [2.75, 3.05) is 7.11 Å². The monoisotopic (exact) mass is 338 g/mol. The van der Waals surface area contributed by atoms with E-state index in [4.69, 9.17) is 17.0 Å². The van der Waals surface area contributed by atoms with E-state index in [0.29, 0.717) is 16.4 Å². The van der Waals surface area contributed by atoms with Crippen LogP contribution in [0.3, 0.4) is 0 Å². The van der Waals surface area contributed by atoms with Crippen LogP contribution in [-0.2, 0) is 9.53 Å². The van der Waals surface area contributed by atoms with Crippen molar-refractivity contribution in [2.45, 2.75) is 31.8 Å². The first-order valence-corrected chi connectivity index (χ1v) is 7.68. The van der Waals surface area contributed by atoms with Gasteiger partial charge in [0.2, 0.25) is 0 Å². The predicted molar refractivity (Wildman–Crippen MR) is 84.4 cm³/mol. The number of hydrogen-bond donors (Lipinski definition) is 1. The van der Waals surface area contributed by atoms with E-state index in [1.165, 1.54) is 13.2 Å². The summed E-state index contributed by atoms with van der Waals surface area (Å²) in [5.74, 6) is -1.97. The number of benzene rings is 1. The number of ether oxygens (including phenoxy) is 1. The molecule has 0 radical (unpaired) electrons. The zero-order chi connectivity index (χ0) is 16.7. The second-order valence-electron chi connectivity index (χ2n) is 5.64. The van der Waals surface area contributed by atoms with E-state index in [-0.39, 0.29) is 11.6 Å². The lowest BCUT2D eigenvalue weighted by atomic mass is 9.94. The van der Waals surface area contributed by atoms with Gasteiger partial charge in [-0.05, 0) is 38.0 Å². The van der Waals surface area contributed by atoms with Gasteiger partial charge in [-0.15, -0.1) is 0 Å². The maximum Gasteiger partial charge on any atom is 0.337 e. The summed E-state index contributed by atoms with van der Waals surface area (Å²) in [6.07, 6.45) is 1.98. The first-order chi connectivity index (χ1) is 10.9. The zero-order valence-corrected chi connectivity index (χ0v) is 13.5. The molecule has 23 heavy (non-hydrogen) atoms. The number of thiocarbonyl (C=S) groups is 1. The van der Waals surface area contributed by atoms with E-state index in [9.17, 15) is 13.6 Å². The van der Waals surface area contributed by atoms with Crippen molar-refractivity contribution in [3.8, 4) is 0 Å². The van der Waals surface area contributed by atoms with Gasteiger partial charge in [-0.2, -0.15) is 0 Å². The first-order valence-electron chi connectivity index (χ1n) is 7.27. The lowest BCUT2D eigenvalue weighted by Crippen LogP contribution is -2.48. The Morgan fingerprint density at radius 3 is 2.65 bits per heavy atom. The third-order valence-corrected chi connectivity index (χ3v) is 4.43. The number of carbonyl (C=O) groups excluding carboxylic acids is 1.